The highest BCUT2D eigenvalue weighted by Crippen LogP contribution is 2.13. The van der Waals surface area contributed by atoms with Gasteiger partial charge in [-0.25, -0.2) is 0 Å². The number of amides is 2. The molecule has 1 fully saturated rings. The Morgan fingerprint density at radius 3 is 2.59 bits per heavy atom. The van der Waals surface area contributed by atoms with Crippen molar-refractivity contribution >= 4 is 17.8 Å². The fraction of sp³-hybridized carbons (Fsp3) is 0.727. The number of piperidine rings is 1. The van der Waals surface area contributed by atoms with E-state index in [-0.39, 0.29) is 17.9 Å². The van der Waals surface area contributed by atoms with E-state index in [1.807, 2.05) is 0 Å². The molecule has 96 valence electrons. The van der Waals surface area contributed by atoms with Gasteiger partial charge in [-0.05, 0) is 13.3 Å². The molecule has 2 amide bonds. The van der Waals surface area contributed by atoms with Crippen LogP contribution in [0.25, 0.3) is 0 Å². The molecule has 17 heavy (non-hydrogen) atoms. The summed E-state index contributed by atoms with van der Waals surface area (Å²) in [5, 5.41) is 11.8. The first-order valence-electron chi connectivity index (χ1n) is 5.63. The van der Waals surface area contributed by atoms with Gasteiger partial charge >= 0.3 is 5.97 Å². The van der Waals surface area contributed by atoms with Crippen molar-refractivity contribution in [3.63, 3.8) is 0 Å². The number of carboxylic acids is 1. The van der Waals surface area contributed by atoms with Crippen LogP contribution in [-0.2, 0) is 14.4 Å². The van der Waals surface area contributed by atoms with E-state index >= 15 is 0 Å². The number of hydrogen-bond donors (Lipinski definition) is 2. The predicted molar refractivity (Wildman–Crippen MR) is 60.2 cm³/mol. The SMILES string of the molecule is CC(NC1CCC(=O)N(C)C1=O)C(C)C(=O)O. The van der Waals surface area contributed by atoms with Crippen LogP contribution in [0.1, 0.15) is 26.7 Å². The molecule has 2 N–H and O–H groups in total. The average Bonchev–Trinajstić information content (AvgIpc) is 2.28. The van der Waals surface area contributed by atoms with Crippen molar-refractivity contribution in [2.75, 3.05) is 7.05 Å². The summed E-state index contributed by atoms with van der Waals surface area (Å²) in [7, 11) is 1.45. The zero-order valence-electron chi connectivity index (χ0n) is 10.3. The highest BCUT2D eigenvalue weighted by Gasteiger charge is 2.33. The molecule has 0 aliphatic carbocycles. The van der Waals surface area contributed by atoms with E-state index in [2.05, 4.69) is 5.32 Å². The second-order valence-corrected chi connectivity index (χ2v) is 4.46. The third kappa shape index (κ3) is 3.03. The highest BCUT2D eigenvalue weighted by molar-refractivity contribution is 6.00. The zero-order valence-corrected chi connectivity index (χ0v) is 10.3. The summed E-state index contributed by atoms with van der Waals surface area (Å²) >= 11 is 0. The normalized spacial score (nSPS) is 24.6. The van der Waals surface area contributed by atoms with Gasteiger partial charge in [0, 0.05) is 19.5 Å². The third-order valence-electron chi connectivity index (χ3n) is 3.25. The lowest BCUT2D eigenvalue weighted by atomic mass is 9.99. The molecule has 1 aliphatic rings. The minimum atomic E-state index is -0.905. The van der Waals surface area contributed by atoms with Crippen LogP contribution in [0.15, 0.2) is 0 Å². The van der Waals surface area contributed by atoms with Crippen LogP contribution in [0.4, 0.5) is 0 Å². The van der Waals surface area contributed by atoms with Gasteiger partial charge in [0.25, 0.3) is 0 Å². The second kappa shape index (κ2) is 5.27. The molecule has 1 saturated heterocycles. The molecule has 6 heteroatoms. The van der Waals surface area contributed by atoms with Crippen LogP contribution < -0.4 is 5.32 Å². The number of rotatable bonds is 4. The van der Waals surface area contributed by atoms with Crippen molar-refractivity contribution in [3.05, 3.63) is 0 Å². The largest absolute Gasteiger partial charge is 0.481 e. The van der Waals surface area contributed by atoms with Crippen molar-refractivity contribution < 1.29 is 19.5 Å². The lowest BCUT2D eigenvalue weighted by Gasteiger charge is -2.31. The summed E-state index contributed by atoms with van der Waals surface area (Å²) < 4.78 is 0. The smallest absolute Gasteiger partial charge is 0.307 e. The van der Waals surface area contributed by atoms with Gasteiger partial charge in [-0.3, -0.25) is 19.3 Å². The van der Waals surface area contributed by atoms with Crippen molar-refractivity contribution in [2.24, 2.45) is 5.92 Å². The Morgan fingerprint density at radius 1 is 1.47 bits per heavy atom. The summed E-state index contributed by atoms with van der Waals surface area (Å²) in [5.74, 6) is -1.96. The fourth-order valence-corrected chi connectivity index (χ4v) is 1.75. The first-order chi connectivity index (χ1) is 7.84. The molecule has 0 bridgehead atoms. The zero-order chi connectivity index (χ0) is 13.2. The maximum atomic E-state index is 11.8. The van der Waals surface area contributed by atoms with Gasteiger partial charge in [-0.1, -0.05) is 6.92 Å². The van der Waals surface area contributed by atoms with E-state index in [1.165, 1.54) is 7.05 Å². The Morgan fingerprint density at radius 2 is 2.06 bits per heavy atom. The number of likely N-dealkylation sites (N-methyl/N-ethyl adjacent to an activating group) is 1. The molecule has 3 atom stereocenters. The van der Waals surface area contributed by atoms with Crippen molar-refractivity contribution in [1.82, 2.24) is 10.2 Å². The summed E-state index contributed by atoms with van der Waals surface area (Å²) in [4.78, 5) is 34.9. The molecule has 0 aromatic rings. The van der Waals surface area contributed by atoms with Crippen LogP contribution in [0.5, 0.6) is 0 Å². The Bertz CT molecular complexity index is 342. The molecule has 3 unspecified atom stereocenters. The molecule has 1 rings (SSSR count). The number of imide groups is 1. The van der Waals surface area contributed by atoms with Gasteiger partial charge in [0.05, 0.1) is 12.0 Å². The van der Waals surface area contributed by atoms with Gasteiger partial charge in [-0.2, -0.15) is 0 Å². The predicted octanol–water partition coefficient (Wildman–Crippen LogP) is -0.167. The molecule has 0 spiro atoms. The Kier molecular flexibility index (Phi) is 4.22. The van der Waals surface area contributed by atoms with Crippen molar-refractivity contribution in [1.29, 1.82) is 0 Å². The number of hydrogen-bond acceptors (Lipinski definition) is 4. The maximum absolute atomic E-state index is 11.8. The van der Waals surface area contributed by atoms with E-state index in [4.69, 9.17) is 5.11 Å². The minimum Gasteiger partial charge on any atom is -0.481 e. The van der Waals surface area contributed by atoms with E-state index in [0.717, 1.165) is 4.90 Å². The first kappa shape index (κ1) is 13.6. The number of aliphatic carboxylic acids is 1. The van der Waals surface area contributed by atoms with Crippen LogP contribution in [0.3, 0.4) is 0 Å². The molecule has 0 saturated carbocycles. The van der Waals surface area contributed by atoms with Gasteiger partial charge in [0.2, 0.25) is 11.8 Å². The number of carbonyl (C=O) groups is 3. The number of nitrogens with one attached hydrogen (secondary N) is 1. The highest BCUT2D eigenvalue weighted by atomic mass is 16.4. The molecule has 1 heterocycles. The van der Waals surface area contributed by atoms with E-state index < -0.39 is 17.9 Å². The van der Waals surface area contributed by atoms with Crippen molar-refractivity contribution in [3.8, 4) is 0 Å². The lowest BCUT2D eigenvalue weighted by molar-refractivity contribution is -0.149. The third-order valence-corrected chi connectivity index (χ3v) is 3.25. The van der Waals surface area contributed by atoms with E-state index in [1.54, 1.807) is 13.8 Å². The second-order valence-electron chi connectivity index (χ2n) is 4.46. The van der Waals surface area contributed by atoms with Crippen LogP contribution in [0.2, 0.25) is 0 Å². The molecular formula is C11H18N2O4. The van der Waals surface area contributed by atoms with Crippen LogP contribution in [0, 0.1) is 5.92 Å². The summed E-state index contributed by atoms with van der Waals surface area (Å²) in [6, 6.07) is -0.780. The number of carbonyl (C=O) groups excluding carboxylic acids is 2. The molecular weight excluding hydrogens is 224 g/mol. The Hall–Kier alpha value is -1.43. The Labute approximate surface area is 100.0 Å². The summed E-state index contributed by atoms with van der Waals surface area (Å²) in [6.45, 7) is 3.31. The number of nitrogens with zero attached hydrogens (tertiary/aromatic N) is 1. The lowest BCUT2D eigenvalue weighted by Crippen LogP contribution is -2.55. The molecule has 1 aliphatic heterocycles. The van der Waals surface area contributed by atoms with E-state index in [9.17, 15) is 14.4 Å². The van der Waals surface area contributed by atoms with Gasteiger partial charge in [-0.15, -0.1) is 0 Å². The average molecular weight is 242 g/mol. The quantitative estimate of drug-likeness (QED) is 0.668. The maximum Gasteiger partial charge on any atom is 0.307 e. The number of carboxylic acid groups (broad SMARTS) is 1. The molecule has 0 aromatic heterocycles. The van der Waals surface area contributed by atoms with Gasteiger partial charge < -0.3 is 10.4 Å². The van der Waals surface area contributed by atoms with Crippen molar-refractivity contribution in [2.45, 2.75) is 38.8 Å². The minimum absolute atomic E-state index is 0.188. The van der Waals surface area contributed by atoms with Crippen LogP contribution in [-0.4, -0.2) is 46.9 Å². The molecule has 6 nitrogen and oxygen atoms in total. The molecule has 0 aromatic carbocycles. The number of likely N-dealkylation sites (tertiary alicyclic amines) is 1. The standard InChI is InChI=1S/C11H18N2O4/c1-6(11(16)17)7(2)12-8-4-5-9(14)13(3)10(8)15/h6-8,12H,4-5H2,1-3H3,(H,16,17). The topological polar surface area (TPSA) is 86.7 Å². The molecule has 0 radical (unpaired) electrons. The monoisotopic (exact) mass is 242 g/mol. The van der Waals surface area contributed by atoms with Gasteiger partial charge in [0.1, 0.15) is 0 Å². The Balaban J connectivity index is 2.60. The summed E-state index contributed by atoms with van der Waals surface area (Å²) in [5.41, 5.74) is 0. The summed E-state index contributed by atoms with van der Waals surface area (Å²) in [6.07, 6.45) is 0.743. The van der Waals surface area contributed by atoms with Gasteiger partial charge in [0.15, 0.2) is 0 Å². The van der Waals surface area contributed by atoms with Crippen LogP contribution >= 0.6 is 0 Å². The first-order valence-corrected chi connectivity index (χ1v) is 5.63. The van der Waals surface area contributed by atoms with E-state index in [0.29, 0.717) is 12.8 Å². The fourth-order valence-electron chi connectivity index (χ4n) is 1.75.